The fourth-order valence-electron chi connectivity index (χ4n) is 4.85. The van der Waals surface area contributed by atoms with E-state index in [0.29, 0.717) is 27.9 Å². The zero-order chi connectivity index (χ0) is 22.2. The molecule has 6 nitrogen and oxygen atoms in total. The third-order valence-corrected chi connectivity index (χ3v) is 7.21. The molecule has 2 aromatic heterocycles. The molecular weight excluding hydrogens is 434 g/mol. The van der Waals surface area contributed by atoms with E-state index in [1.165, 1.54) is 15.9 Å². The van der Waals surface area contributed by atoms with Gasteiger partial charge in [0.05, 0.1) is 6.54 Å². The molecule has 2 saturated heterocycles. The van der Waals surface area contributed by atoms with Gasteiger partial charge in [0, 0.05) is 60.4 Å². The van der Waals surface area contributed by atoms with Crippen LogP contribution in [0.5, 0.6) is 0 Å². The number of fused-ring (bicyclic) bond motifs is 1. The van der Waals surface area contributed by atoms with Crippen LogP contribution in [-0.2, 0) is 6.54 Å². The van der Waals surface area contributed by atoms with E-state index < -0.39 is 6.43 Å². The molecule has 9 heteroatoms. The van der Waals surface area contributed by atoms with Crippen LogP contribution in [0.2, 0.25) is 0 Å². The molecule has 2 amide bonds. The number of alkyl halides is 2. The average Bonchev–Trinajstić information content (AvgIpc) is 3.50. The molecule has 2 fully saturated rings. The predicted molar refractivity (Wildman–Crippen MR) is 118 cm³/mol. The molecule has 0 N–H and O–H groups in total. The van der Waals surface area contributed by atoms with Crippen molar-refractivity contribution < 1.29 is 18.4 Å². The van der Waals surface area contributed by atoms with Gasteiger partial charge in [-0.15, -0.1) is 11.3 Å². The summed E-state index contributed by atoms with van der Waals surface area (Å²) in [6, 6.07) is 7.02. The number of hydrogen-bond donors (Lipinski definition) is 0. The smallest absolute Gasteiger partial charge is 0.282 e. The number of rotatable bonds is 6. The number of benzene rings is 1. The van der Waals surface area contributed by atoms with E-state index >= 15 is 0 Å². The van der Waals surface area contributed by atoms with Crippen molar-refractivity contribution in [2.75, 3.05) is 26.2 Å². The highest BCUT2D eigenvalue weighted by atomic mass is 32.1. The summed E-state index contributed by atoms with van der Waals surface area (Å²) < 4.78 is 26.9. The van der Waals surface area contributed by atoms with E-state index in [2.05, 4.69) is 4.98 Å². The van der Waals surface area contributed by atoms with Crippen molar-refractivity contribution in [1.29, 1.82) is 0 Å². The SMILES string of the molecule is O=C(c1ccc2c(ccn2CC(F)F)c1)N1CC(C[C@H]2CCN(C(=O)c3nccs3)C2)C1. The Kier molecular flexibility index (Phi) is 5.67. The molecule has 0 radical (unpaired) electrons. The van der Waals surface area contributed by atoms with Crippen LogP contribution < -0.4 is 0 Å². The van der Waals surface area contributed by atoms with Crippen LogP contribution in [-0.4, -0.2) is 63.8 Å². The number of carbonyl (C=O) groups excluding carboxylic acids is 2. The predicted octanol–water partition coefficient (Wildman–Crippen LogP) is 3.99. The van der Waals surface area contributed by atoms with Gasteiger partial charge in [-0.05, 0) is 48.9 Å². The first-order valence-corrected chi connectivity index (χ1v) is 11.7. The van der Waals surface area contributed by atoms with Gasteiger partial charge in [0.25, 0.3) is 18.2 Å². The summed E-state index contributed by atoms with van der Waals surface area (Å²) >= 11 is 1.37. The van der Waals surface area contributed by atoms with Crippen molar-refractivity contribution in [2.45, 2.75) is 25.8 Å². The zero-order valence-corrected chi connectivity index (χ0v) is 18.3. The Bertz CT molecular complexity index is 1120. The van der Waals surface area contributed by atoms with Gasteiger partial charge in [0.1, 0.15) is 0 Å². The maximum atomic E-state index is 12.9. The normalized spacial score (nSPS) is 19.2. The molecule has 0 saturated carbocycles. The summed E-state index contributed by atoms with van der Waals surface area (Å²) in [5.74, 6) is 0.921. The van der Waals surface area contributed by atoms with Crippen molar-refractivity contribution >= 4 is 34.1 Å². The summed E-state index contributed by atoms with van der Waals surface area (Å²) in [6.45, 7) is 2.62. The van der Waals surface area contributed by atoms with Crippen molar-refractivity contribution in [3.05, 3.63) is 52.6 Å². The number of thiazole rings is 1. The van der Waals surface area contributed by atoms with E-state index in [1.807, 2.05) is 15.2 Å². The second-order valence-electron chi connectivity index (χ2n) is 8.69. The number of hydrogen-bond acceptors (Lipinski definition) is 4. The minimum absolute atomic E-state index is 0.0169. The first kappa shape index (κ1) is 21.1. The van der Waals surface area contributed by atoms with Crippen molar-refractivity contribution in [3.8, 4) is 0 Å². The Morgan fingerprint density at radius 3 is 2.66 bits per heavy atom. The van der Waals surface area contributed by atoms with Gasteiger partial charge in [-0.25, -0.2) is 13.8 Å². The van der Waals surface area contributed by atoms with Gasteiger partial charge in [0.2, 0.25) is 0 Å². The van der Waals surface area contributed by atoms with Crippen LogP contribution in [0.3, 0.4) is 0 Å². The Morgan fingerprint density at radius 2 is 1.91 bits per heavy atom. The van der Waals surface area contributed by atoms with Crippen LogP contribution in [0.25, 0.3) is 10.9 Å². The third-order valence-electron chi connectivity index (χ3n) is 6.45. The summed E-state index contributed by atoms with van der Waals surface area (Å²) in [5.41, 5.74) is 1.30. The number of aromatic nitrogens is 2. The van der Waals surface area contributed by atoms with Crippen molar-refractivity contribution in [3.63, 3.8) is 0 Å². The van der Waals surface area contributed by atoms with Crippen LogP contribution in [0, 0.1) is 11.8 Å². The first-order chi connectivity index (χ1) is 15.5. The highest BCUT2D eigenvalue weighted by Gasteiger charge is 2.36. The largest absolute Gasteiger partial charge is 0.342 e. The maximum Gasteiger partial charge on any atom is 0.282 e. The number of nitrogens with zero attached hydrogens (tertiary/aromatic N) is 4. The van der Waals surface area contributed by atoms with Crippen LogP contribution >= 0.6 is 11.3 Å². The van der Waals surface area contributed by atoms with Crippen LogP contribution in [0.15, 0.2) is 42.0 Å². The van der Waals surface area contributed by atoms with E-state index in [-0.39, 0.29) is 18.4 Å². The minimum Gasteiger partial charge on any atom is -0.342 e. The Morgan fingerprint density at radius 1 is 1.09 bits per heavy atom. The second-order valence-corrected chi connectivity index (χ2v) is 9.58. The van der Waals surface area contributed by atoms with Crippen LogP contribution in [0.4, 0.5) is 8.78 Å². The fraction of sp³-hybridized carbons (Fsp3) is 0.435. The molecule has 1 aromatic carbocycles. The molecule has 0 aliphatic carbocycles. The average molecular weight is 459 g/mol. The third kappa shape index (κ3) is 4.13. The minimum atomic E-state index is -2.41. The van der Waals surface area contributed by atoms with E-state index in [1.54, 1.807) is 36.7 Å². The molecule has 0 unspecified atom stereocenters. The number of likely N-dealkylation sites (tertiary alicyclic amines) is 2. The summed E-state index contributed by atoms with van der Waals surface area (Å²) in [7, 11) is 0. The lowest BCUT2D eigenvalue weighted by molar-refractivity contribution is 0.0453. The molecule has 0 bridgehead atoms. The number of halogens is 2. The molecule has 1 atom stereocenters. The molecule has 168 valence electrons. The first-order valence-electron chi connectivity index (χ1n) is 10.8. The second kappa shape index (κ2) is 8.61. The zero-order valence-electron chi connectivity index (χ0n) is 17.5. The molecule has 0 spiro atoms. The molecule has 4 heterocycles. The molecular formula is C23H24F2N4O2S. The lowest BCUT2D eigenvalue weighted by atomic mass is 9.88. The molecule has 5 rings (SSSR count). The standard InChI is InChI=1S/C23H24F2N4O2S/c24-20(25)14-27-7-4-17-10-18(1-2-19(17)27)22(30)29-12-16(13-29)9-15-3-6-28(11-15)23(31)21-26-5-8-32-21/h1-2,4-5,7-8,10,15-16,20H,3,6,9,11-14H2/t15-/m1/s1. The summed E-state index contributed by atoms with van der Waals surface area (Å²) in [6.07, 6.45) is 2.88. The lowest BCUT2D eigenvalue weighted by Crippen LogP contribution is -2.50. The highest BCUT2D eigenvalue weighted by Crippen LogP contribution is 2.31. The summed E-state index contributed by atoms with van der Waals surface area (Å²) in [5, 5.41) is 3.16. The van der Waals surface area contributed by atoms with Gasteiger partial charge >= 0.3 is 0 Å². The van der Waals surface area contributed by atoms with Gasteiger partial charge in [0.15, 0.2) is 5.01 Å². The summed E-state index contributed by atoms with van der Waals surface area (Å²) in [4.78, 5) is 33.1. The molecule has 2 aliphatic rings. The number of carbonyl (C=O) groups is 2. The molecule has 2 aliphatic heterocycles. The van der Waals surface area contributed by atoms with E-state index in [9.17, 15) is 18.4 Å². The Balaban J connectivity index is 1.13. The van der Waals surface area contributed by atoms with Crippen molar-refractivity contribution in [1.82, 2.24) is 19.4 Å². The molecule has 32 heavy (non-hydrogen) atoms. The fourth-order valence-corrected chi connectivity index (χ4v) is 5.46. The maximum absolute atomic E-state index is 12.9. The van der Waals surface area contributed by atoms with Gasteiger partial charge in [-0.2, -0.15) is 0 Å². The van der Waals surface area contributed by atoms with Crippen LogP contribution in [0.1, 0.15) is 33.0 Å². The van der Waals surface area contributed by atoms with Gasteiger partial charge < -0.3 is 14.4 Å². The lowest BCUT2D eigenvalue weighted by Gasteiger charge is -2.40. The quantitative estimate of drug-likeness (QED) is 0.561. The van der Waals surface area contributed by atoms with Gasteiger partial charge in [-0.1, -0.05) is 0 Å². The Labute approximate surface area is 188 Å². The van der Waals surface area contributed by atoms with E-state index in [4.69, 9.17) is 0 Å². The van der Waals surface area contributed by atoms with Gasteiger partial charge in [-0.3, -0.25) is 9.59 Å². The van der Waals surface area contributed by atoms with Crippen molar-refractivity contribution in [2.24, 2.45) is 11.8 Å². The topological polar surface area (TPSA) is 58.4 Å². The Hall–Kier alpha value is -2.81. The molecule has 3 aromatic rings. The number of amides is 2. The van der Waals surface area contributed by atoms with E-state index in [0.717, 1.165) is 44.4 Å². The highest BCUT2D eigenvalue weighted by molar-refractivity contribution is 7.11. The monoisotopic (exact) mass is 458 g/mol.